The van der Waals surface area contributed by atoms with Gasteiger partial charge in [0, 0.05) is 23.3 Å². The van der Waals surface area contributed by atoms with Gasteiger partial charge in [0.1, 0.15) is 6.61 Å². The van der Waals surface area contributed by atoms with E-state index in [0.717, 1.165) is 10.2 Å². The van der Waals surface area contributed by atoms with Crippen molar-refractivity contribution in [3.8, 4) is 0 Å². The van der Waals surface area contributed by atoms with Crippen LogP contribution in [0.5, 0.6) is 0 Å². The minimum absolute atomic E-state index is 0.0662. The van der Waals surface area contributed by atoms with Gasteiger partial charge in [0.25, 0.3) is 0 Å². The highest BCUT2D eigenvalue weighted by Crippen LogP contribution is 2.25. The molecule has 0 amide bonds. The molecule has 1 rings (SSSR count). The molecule has 0 spiro atoms. The van der Waals surface area contributed by atoms with Gasteiger partial charge in [-0.05, 0) is 40.5 Å². The third-order valence-corrected chi connectivity index (χ3v) is 3.21. The SMILES string of the molecule is FC(F)(F)COCCCNc1ccc(Br)c(Cl)c1. The van der Waals surface area contributed by atoms with E-state index < -0.39 is 12.8 Å². The first kappa shape index (κ1) is 15.6. The predicted molar refractivity (Wildman–Crippen MR) is 69.1 cm³/mol. The topological polar surface area (TPSA) is 21.3 Å². The average molecular weight is 347 g/mol. The molecule has 1 aromatic carbocycles. The molecule has 0 saturated carbocycles. The van der Waals surface area contributed by atoms with Crippen LogP contribution in [0.2, 0.25) is 5.02 Å². The van der Waals surface area contributed by atoms with Crippen LogP contribution in [-0.2, 0) is 4.74 Å². The maximum absolute atomic E-state index is 11.8. The highest BCUT2D eigenvalue weighted by Gasteiger charge is 2.27. The zero-order valence-corrected chi connectivity index (χ0v) is 11.7. The van der Waals surface area contributed by atoms with Crippen molar-refractivity contribution in [1.29, 1.82) is 0 Å². The van der Waals surface area contributed by atoms with Crippen LogP contribution in [0.3, 0.4) is 0 Å². The molecule has 102 valence electrons. The zero-order chi connectivity index (χ0) is 13.6. The van der Waals surface area contributed by atoms with Crippen molar-refractivity contribution in [3.63, 3.8) is 0 Å². The Kier molecular flexibility index (Phi) is 6.25. The third kappa shape index (κ3) is 6.47. The maximum atomic E-state index is 11.8. The molecule has 2 nitrogen and oxygen atoms in total. The van der Waals surface area contributed by atoms with Crippen LogP contribution >= 0.6 is 27.5 Å². The summed E-state index contributed by atoms with van der Waals surface area (Å²) in [5, 5.41) is 3.62. The van der Waals surface area contributed by atoms with Gasteiger partial charge in [-0.15, -0.1) is 0 Å². The smallest absolute Gasteiger partial charge is 0.385 e. The predicted octanol–water partition coefficient (Wildman–Crippen LogP) is 4.48. The number of halogens is 5. The third-order valence-electron chi connectivity index (χ3n) is 1.98. The summed E-state index contributed by atoms with van der Waals surface area (Å²) >= 11 is 9.15. The van der Waals surface area contributed by atoms with Gasteiger partial charge in [-0.2, -0.15) is 13.2 Å². The molecule has 0 bridgehead atoms. The summed E-state index contributed by atoms with van der Waals surface area (Å²) in [4.78, 5) is 0. The van der Waals surface area contributed by atoms with Crippen molar-refractivity contribution in [1.82, 2.24) is 0 Å². The van der Waals surface area contributed by atoms with Gasteiger partial charge in [0.05, 0.1) is 5.02 Å². The largest absolute Gasteiger partial charge is 0.411 e. The quantitative estimate of drug-likeness (QED) is 0.767. The number of hydrogen-bond acceptors (Lipinski definition) is 2. The Morgan fingerprint density at radius 3 is 2.67 bits per heavy atom. The molecule has 7 heteroatoms. The van der Waals surface area contributed by atoms with Crippen molar-refractivity contribution in [2.75, 3.05) is 25.1 Å². The number of rotatable bonds is 6. The molecule has 0 aliphatic rings. The van der Waals surface area contributed by atoms with E-state index >= 15 is 0 Å². The zero-order valence-electron chi connectivity index (χ0n) is 9.36. The first-order chi connectivity index (χ1) is 8.38. The summed E-state index contributed by atoms with van der Waals surface area (Å²) in [6.07, 6.45) is -3.77. The van der Waals surface area contributed by atoms with Crippen molar-refractivity contribution < 1.29 is 17.9 Å². The second-order valence-electron chi connectivity index (χ2n) is 3.58. The lowest BCUT2D eigenvalue weighted by molar-refractivity contribution is -0.173. The Hall–Kier alpha value is -0.460. The second kappa shape index (κ2) is 7.21. The van der Waals surface area contributed by atoms with E-state index in [-0.39, 0.29) is 6.61 Å². The molecule has 1 N–H and O–H groups in total. The number of alkyl halides is 3. The summed E-state index contributed by atoms with van der Waals surface area (Å²) in [7, 11) is 0. The highest BCUT2D eigenvalue weighted by molar-refractivity contribution is 9.10. The van der Waals surface area contributed by atoms with Gasteiger partial charge in [0.15, 0.2) is 0 Å². The Morgan fingerprint density at radius 1 is 1.33 bits per heavy atom. The lowest BCUT2D eigenvalue weighted by atomic mass is 10.3. The van der Waals surface area contributed by atoms with Crippen LogP contribution in [0, 0.1) is 0 Å². The average Bonchev–Trinajstić information content (AvgIpc) is 2.26. The summed E-state index contributed by atoms with van der Waals surface area (Å²) in [6, 6.07) is 5.36. The highest BCUT2D eigenvalue weighted by atomic mass is 79.9. The van der Waals surface area contributed by atoms with E-state index in [0.29, 0.717) is 18.0 Å². The van der Waals surface area contributed by atoms with Crippen molar-refractivity contribution >= 4 is 33.2 Å². The summed E-state index contributed by atoms with van der Waals surface area (Å²) in [5.74, 6) is 0. The van der Waals surface area contributed by atoms with E-state index in [4.69, 9.17) is 11.6 Å². The van der Waals surface area contributed by atoms with Crippen LogP contribution < -0.4 is 5.32 Å². The monoisotopic (exact) mass is 345 g/mol. The molecule has 0 heterocycles. The first-order valence-corrected chi connectivity index (χ1v) is 6.39. The Labute approximate surface area is 117 Å². The van der Waals surface area contributed by atoms with Gasteiger partial charge in [-0.25, -0.2) is 0 Å². The lowest BCUT2D eigenvalue weighted by Crippen LogP contribution is -2.18. The minimum atomic E-state index is -4.26. The Bertz CT molecular complexity index is 387. The number of benzene rings is 1. The standard InChI is InChI=1S/C11H12BrClF3NO/c12-9-3-2-8(6-10(9)13)17-4-1-5-18-7-11(14,15)16/h2-3,6,17H,1,4-5,7H2. The second-order valence-corrected chi connectivity index (χ2v) is 4.84. The van der Waals surface area contributed by atoms with Crippen LogP contribution in [0.4, 0.5) is 18.9 Å². The molecule has 1 aromatic rings. The number of hydrogen-bond donors (Lipinski definition) is 1. The van der Waals surface area contributed by atoms with E-state index in [1.165, 1.54) is 0 Å². The molecular formula is C11H12BrClF3NO. The molecule has 0 unspecified atom stereocenters. The van der Waals surface area contributed by atoms with Crippen LogP contribution in [0.15, 0.2) is 22.7 Å². The van der Waals surface area contributed by atoms with Crippen molar-refractivity contribution in [3.05, 3.63) is 27.7 Å². The molecule has 0 radical (unpaired) electrons. The van der Waals surface area contributed by atoms with Crippen LogP contribution in [-0.4, -0.2) is 25.9 Å². The molecule has 0 aliphatic carbocycles. The molecule has 18 heavy (non-hydrogen) atoms. The molecule has 0 atom stereocenters. The Morgan fingerprint density at radius 2 is 2.06 bits per heavy atom. The van der Waals surface area contributed by atoms with Gasteiger partial charge < -0.3 is 10.1 Å². The Balaban J connectivity index is 2.16. The summed E-state index contributed by atoms with van der Waals surface area (Å²) in [5.41, 5.74) is 0.819. The summed E-state index contributed by atoms with van der Waals surface area (Å²) in [6.45, 7) is -0.607. The first-order valence-electron chi connectivity index (χ1n) is 5.22. The van der Waals surface area contributed by atoms with Crippen LogP contribution in [0.1, 0.15) is 6.42 Å². The molecule has 0 fully saturated rings. The minimum Gasteiger partial charge on any atom is -0.385 e. The fourth-order valence-electron chi connectivity index (χ4n) is 1.20. The lowest BCUT2D eigenvalue weighted by Gasteiger charge is -2.09. The fraction of sp³-hybridized carbons (Fsp3) is 0.455. The van der Waals surface area contributed by atoms with E-state index in [9.17, 15) is 13.2 Å². The van der Waals surface area contributed by atoms with Gasteiger partial charge >= 0.3 is 6.18 Å². The molecule has 0 aliphatic heterocycles. The number of anilines is 1. The van der Waals surface area contributed by atoms with E-state index in [1.54, 1.807) is 12.1 Å². The molecule has 0 aromatic heterocycles. The van der Waals surface area contributed by atoms with Gasteiger partial charge in [0.2, 0.25) is 0 Å². The summed E-state index contributed by atoms with van der Waals surface area (Å²) < 4.78 is 40.5. The van der Waals surface area contributed by atoms with Crippen molar-refractivity contribution in [2.24, 2.45) is 0 Å². The fourth-order valence-corrected chi connectivity index (χ4v) is 1.63. The van der Waals surface area contributed by atoms with Crippen LogP contribution in [0.25, 0.3) is 0 Å². The normalized spacial score (nSPS) is 11.6. The van der Waals surface area contributed by atoms with E-state index in [2.05, 4.69) is 26.0 Å². The number of nitrogens with one attached hydrogen (secondary N) is 1. The van der Waals surface area contributed by atoms with Crippen molar-refractivity contribution in [2.45, 2.75) is 12.6 Å². The molecule has 0 saturated heterocycles. The molecular weight excluding hydrogens is 334 g/mol. The van der Waals surface area contributed by atoms with Gasteiger partial charge in [-0.3, -0.25) is 0 Å². The van der Waals surface area contributed by atoms with Gasteiger partial charge in [-0.1, -0.05) is 11.6 Å². The van der Waals surface area contributed by atoms with E-state index in [1.807, 2.05) is 6.07 Å². The maximum Gasteiger partial charge on any atom is 0.411 e. The number of ether oxygens (including phenoxy) is 1.